The van der Waals surface area contributed by atoms with Crippen LogP contribution in [0.2, 0.25) is 0 Å². The third-order valence-electron chi connectivity index (χ3n) is 6.67. The number of amides is 3. The molecule has 0 aliphatic heterocycles. The highest BCUT2D eigenvalue weighted by Gasteiger charge is 2.37. The van der Waals surface area contributed by atoms with E-state index in [4.69, 9.17) is 4.74 Å². The van der Waals surface area contributed by atoms with Gasteiger partial charge in [-0.2, -0.15) is 0 Å². The number of ether oxygens (including phenoxy) is 1. The van der Waals surface area contributed by atoms with Crippen molar-refractivity contribution in [3.63, 3.8) is 0 Å². The van der Waals surface area contributed by atoms with Gasteiger partial charge in [0.05, 0.1) is 0 Å². The van der Waals surface area contributed by atoms with Crippen LogP contribution in [0.25, 0.3) is 0 Å². The predicted octanol–water partition coefficient (Wildman–Crippen LogP) is 6.39. The van der Waals surface area contributed by atoms with Gasteiger partial charge in [0.1, 0.15) is 17.7 Å². The summed E-state index contributed by atoms with van der Waals surface area (Å²) in [5.41, 5.74) is 1.01. The summed E-state index contributed by atoms with van der Waals surface area (Å²) in [6.45, 7) is 12.2. The quantitative estimate of drug-likeness (QED) is 0.273. The van der Waals surface area contributed by atoms with Gasteiger partial charge in [-0.05, 0) is 44.2 Å². The maximum atomic E-state index is 14.3. The summed E-state index contributed by atoms with van der Waals surface area (Å²) in [7, 11) is 0. The molecule has 2 rings (SSSR count). The van der Waals surface area contributed by atoms with Crippen LogP contribution in [0.4, 0.5) is 4.79 Å². The first-order valence-corrected chi connectivity index (χ1v) is 14.2. The molecule has 0 aliphatic carbocycles. The zero-order valence-electron chi connectivity index (χ0n) is 24.5. The van der Waals surface area contributed by atoms with Gasteiger partial charge in [-0.25, -0.2) is 4.79 Å². The van der Waals surface area contributed by atoms with E-state index in [2.05, 4.69) is 17.6 Å². The van der Waals surface area contributed by atoms with Gasteiger partial charge in [0.15, 0.2) is 0 Å². The fraction of sp³-hybridized carbons (Fsp3) is 0.531. The van der Waals surface area contributed by atoms with E-state index in [-0.39, 0.29) is 17.7 Å². The molecule has 7 heteroatoms. The van der Waals surface area contributed by atoms with Crippen LogP contribution in [0.5, 0.6) is 0 Å². The summed E-state index contributed by atoms with van der Waals surface area (Å²) < 4.78 is 5.49. The van der Waals surface area contributed by atoms with E-state index in [0.717, 1.165) is 36.8 Å². The third-order valence-corrected chi connectivity index (χ3v) is 6.67. The van der Waals surface area contributed by atoms with Crippen LogP contribution in [-0.4, -0.2) is 41.0 Å². The Balaban J connectivity index is 2.44. The zero-order chi connectivity index (χ0) is 28.8. The van der Waals surface area contributed by atoms with Crippen LogP contribution in [0.15, 0.2) is 60.7 Å². The maximum Gasteiger partial charge on any atom is 0.408 e. The normalized spacial score (nSPS) is 13.6. The number of benzene rings is 2. The first kappa shape index (κ1) is 31.9. The number of rotatable bonds is 14. The Labute approximate surface area is 234 Å². The Kier molecular flexibility index (Phi) is 13.0. The topological polar surface area (TPSA) is 87.7 Å². The molecule has 2 aromatic carbocycles. The molecule has 3 unspecified atom stereocenters. The van der Waals surface area contributed by atoms with Crippen LogP contribution >= 0.6 is 0 Å². The third kappa shape index (κ3) is 10.7. The summed E-state index contributed by atoms with van der Waals surface area (Å²) >= 11 is 0. The molecule has 0 heterocycles. The van der Waals surface area contributed by atoms with E-state index in [9.17, 15) is 14.4 Å². The Morgan fingerprint density at radius 3 is 2.08 bits per heavy atom. The number of nitrogens with one attached hydrogen (secondary N) is 2. The standard InChI is InChI=1S/C32H47N3O4/c1-7-9-10-17-22-35(30(37)27(24(3)8-2)34-31(38)39-32(4,5)6)28(26-20-15-12-16-21-26)29(36)33-23-25-18-13-11-14-19-25/h11-16,18-21,24,27-28H,7-10,17,22-23H2,1-6H3,(H,33,36)(H,34,38). The summed E-state index contributed by atoms with van der Waals surface area (Å²) in [5.74, 6) is -0.698. The lowest BCUT2D eigenvalue weighted by atomic mass is 9.95. The first-order chi connectivity index (χ1) is 18.6. The highest BCUT2D eigenvalue weighted by atomic mass is 16.6. The predicted molar refractivity (Wildman–Crippen MR) is 156 cm³/mol. The molecule has 2 N–H and O–H groups in total. The Morgan fingerprint density at radius 2 is 1.51 bits per heavy atom. The van der Waals surface area contributed by atoms with E-state index in [0.29, 0.717) is 19.5 Å². The summed E-state index contributed by atoms with van der Waals surface area (Å²) in [5, 5.41) is 5.87. The van der Waals surface area contributed by atoms with Gasteiger partial charge in [-0.1, -0.05) is 107 Å². The molecular weight excluding hydrogens is 490 g/mol. The molecule has 7 nitrogen and oxygen atoms in total. The molecule has 2 aromatic rings. The SMILES string of the molecule is CCCCCCN(C(=O)C(NC(=O)OC(C)(C)C)C(C)CC)C(C(=O)NCc1ccccc1)c1ccccc1. The second-order valence-electron chi connectivity index (χ2n) is 11.1. The summed E-state index contributed by atoms with van der Waals surface area (Å²) in [6, 6.07) is 17.4. The van der Waals surface area contributed by atoms with Gasteiger partial charge < -0.3 is 20.3 Å². The molecule has 0 aliphatic rings. The van der Waals surface area contributed by atoms with E-state index < -0.39 is 23.8 Å². The van der Waals surface area contributed by atoms with Crippen molar-refractivity contribution in [1.29, 1.82) is 0 Å². The number of hydrogen-bond acceptors (Lipinski definition) is 4. The van der Waals surface area contributed by atoms with Crippen molar-refractivity contribution in [2.24, 2.45) is 5.92 Å². The van der Waals surface area contributed by atoms with Crippen molar-refractivity contribution in [2.45, 2.75) is 97.9 Å². The van der Waals surface area contributed by atoms with Gasteiger partial charge in [0, 0.05) is 13.1 Å². The summed E-state index contributed by atoms with van der Waals surface area (Å²) in [4.78, 5) is 42.5. The Bertz CT molecular complexity index is 1020. The maximum absolute atomic E-state index is 14.3. The number of carbonyl (C=O) groups is 3. The first-order valence-electron chi connectivity index (χ1n) is 14.2. The van der Waals surface area contributed by atoms with Gasteiger partial charge in [0.2, 0.25) is 11.8 Å². The molecule has 0 bridgehead atoms. The molecule has 39 heavy (non-hydrogen) atoms. The highest BCUT2D eigenvalue weighted by molar-refractivity contribution is 5.92. The van der Waals surface area contributed by atoms with Crippen LogP contribution in [0.3, 0.4) is 0 Å². The van der Waals surface area contributed by atoms with Gasteiger partial charge in [-0.3, -0.25) is 9.59 Å². The van der Waals surface area contributed by atoms with E-state index >= 15 is 0 Å². The zero-order valence-corrected chi connectivity index (χ0v) is 24.5. The number of carbonyl (C=O) groups excluding carboxylic acids is 3. The molecular formula is C32H47N3O4. The van der Waals surface area contributed by atoms with Crippen molar-refractivity contribution >= 4 is 17.9 Å². The number of nitrogens with zero attached hydrogens (tertiary/aromatic N) is 1. The lowest BCUT2D eigenvalue weighted by Gasteiger charge is -2.36. The van der Waals surface area contributed by atoms with Gasteiger partial charge in [0.25, 0.3) is 0 Å². The number of unbranched alkanes of at least 4 members (excludes halogenated alkanes) is 3. The molecule has 0 radical (unpaired) electrons. The minimum Gasteiger partial charge on any atom is -0.444 e. The number of hydrogen-bond donors (Lipinski definition) is 2. The lowest BCUT2D eigenvalue weighted by Crippen LogP contribution is -2.55. The van der Waals surface area contributed by atoms with Crippen LogP contribution in [0.1, 0.15) is 90.8 Å². The van der Waals surface area contributed by atoms with Crippen molar-refractivity contribution < 1.29 is 19.1 Å². The minimum absolute atomic E-state index is 0.160. The van der Waals surface area contributed by atoms with E-state index in [1.165, 1.54) is 0 Å². The van der Waals surface area contributed by atoms with E-state index in [1.807, 2.05) is 74.5 Å². The molecule has 0 spiro atoms. The molecule has 0 fully saturated rings. The molecule has 0 saturated heterocycles. The van der Waals surface area contributed by atoms with Crippen molar-refractivity contribution in [2.75, 3.05) is 6.54 Å². The fourth-order valence-corrected chi connectivity index (χ4v) is 4.36. The molecule has 0 aromatic heterocycles. The van der Waals surface area contributed by atoms with Crippen molar-refractivity contribution in [3.8, 4) is 0 Å². The van der Waals surface area contributed by atoms with Crippen LogP contribution in [-0.2, 0) is 20.9 Å². The molecule has 3 atom stereocenters. The van der Waals surface area contributed by atoms with Crippen LogP contribution in [0, 0.1) is 5.92 Å². The second kappa shape index (κ2) is 15.9. The van der Waals surface area contributed by atoms with Crippen molar-refractivity contribution in [3.05, 3.63) is 71.8 Å². The Morgan fingerprint density at radius 1 is 0.897 bits per heavy atom. The molecule has 0 saturated carbocycles. The average molecular weight is 538 g/mol. The number of alkyl carbamates (subject to hydrolysis) is 1. The summed E-state index contributed by atoms with van der Waals surface area (Å²) in [6.07, 6.45) is 3.84. The fourth-order valence-electron chi connectivity index (χ4n) is 4.36. The van der Waals surface area contributed by atoms with E-state index in [1.54, 1.807) is 25.7 Å². The minimum atomic E-state index is -0.837. The smallest absolute Gasteiger partial charge is 0.408 e. The highest BCUT2D eigenvalue weighted by Crippen LogP contribution is 2.25. The van der Waals surface area contributed by atoms with Gasteiger partial charge in [-0.15, -0.1) is 0 Å². The molecule has 214 valence electrons. The average Bonchev–Trinajstić information content (AvgIpc) is 2.91. The lowest BCUT2D eigenvalue weighted by molar-refractivity contribution is -0.143. The Hall–Kier alpha value is -3.35. The van der Waals surface area contributed by atoms with Gasteiger partial charge >= 0.3 is 6.09 Å². The van der Waals surface area contributed by atoms with Crippen molar-refractivity contribution in [1.82, 2.24) is 15.5 Å². The second-order valence-corrected chi connectivity index (χ2v) is 11.1. The van der Waals surface area contributed by atoms with Crippen LogP contribution < -0.4 is 10.6 Å². The monoisotopic (exact) mass is 537 g/mol. The molecule has 3 amide bonds. The largest absolute Gasteiger partial charge is 0.444 e.